The zero-order valence-electron chi connectivity index (χ0n) is 14.4. The summed E-state index contributed by atoms with van der Waals surface area (Å²) in [5.74, 6) is 0.0433. The Balaban J connectivity index is 1.44. The van der Waals surface area contributed by atoms with E-state index in [9.17, 15) is 9.90 Å². The number of carbonyl (C=O) groups is 1. The van der Waals surface area contributed by atoms with E-state index in [-0.39, 0.29) is 17.6 Å². The van der Waals surface area contributed by atoms with Gasteiger partial charge in [-0.1, -0.05) is 35.9 Å². The van der Waals surface area contributed by atoms with Crippen LogP contribution < -0.4 is 5.43 Å². The summed E-state index contributed by atoms with van der Waals surface area (Å²) >= 11 is 5.91. The maximum atomic E-state index is 12.3. The Labute approximate surface area is 158 Å². The fraction of sp³-hybridized carbons (Fsp3) is 0.300. The van der Waals surface area contributed by atoms with E-state index in [1.165, 1.54) is 11.8 Å². The number of nitrogens with one attached hydrogen (secondary N) is 1. The van der Waals surface area contributed by atoms with Crippen molar-refractivity contribution < 1.29 is 9.90 Å². The van der Waals surface area contributed by atoms with Crippen molar-refractivity contribution in [2.24, 2.45) is 11.0 Å². The number of amides is 1. The number of rotatable bonds is 5. The van der Waals surface area contributed by atoms with Crippen LogP contribution >= 0.6 is 11.6 Å². The average molecular weight is 372 g/mol. The summed E-state index contributed by atoms with van der Waals surface area (Å²) in [6, 6.07) is 14.7. The van der Waals surface area contributed by atoms with Crippen molar-refractivity contribution in [1.82, 2.24) is 10.3 Å². The fourth-order valence-electron chi connectivity index (χ4n) is 3.05. The molecule has 2 N–H and O–H groups in total. The highest BCUT2D eigenvalue weighted by Crippen LogP contribution is 2.20. The minimum Gasteiger partial charge on any atom is -0.507 e. The SMILES string of the molecule is O=C(NN=Cc1ccccc1O)C1CCN(Cc2ccc(Cl)cc2)CC1. The van der Waals surface area contributed by atoms with E-state index < -0.39 is 0 Å². The van der Waals surface area contributed by atoms with Gasteiger partial charge in [-0.15, -0.1) is 0 Å². The summed E-state index contributed by atoms with van der Waals surface area (Å²) in [5.41, 5.74) is 4.39. The standard InChI is InChI=1S/C20H22ClN3O2/c21-18-7-5-15(6-8-18)14-24-11-9-16(10-12-24)20(26)23-22-13-17-3-1-2-4-19(17)25/h1-8,13,16,25H,9-12,14H2,(H,23,26). The Hall–Kier alpha value is -2.37. The molecule has 0 bridgehead atoms. The second-order valence-corrected chi connectivity index (χ2v) is 6.91. The van der Waals surface area contributed by atoms with Gasteiger partial charge in [-0.3, -0.25) is 9.69 Å². The van der Waals surface area contributed by atoms with Crippen molar-refractivity contribution in [3.63, 3.8) is 0 Å². The number of phenolic OH excluding ortho intramolecular Hbond substituents is 1. The number of piperidine rings is 1. The van der Waals surface area contributed by atoms with E-state index in [1.54, 1.807) is 24.3 Å². The number of phenols is 1. The van der Waals surface area contributed by atoms with Crippen LogP contribution in [0.1, 0.15) is 24.0 Å². The number of carbonyl (C=O) groups excluding carboxylic acids is 1. The molecule has 26 heavy (non-hydrogen) atoms. The molecule has 1 heterocycles. The molecule has 0 unspecified atom stereocenters. The van der Waals surface area contributed by atoms with Crippen molar-refractivity contribution >= 4 is 23.7 Å². The second-order valence-electron chi connectivity index (χ2n) is 6.47. The third kappa shape index (κ3) is 5.07. The van der Waals surface area contributed by atoms with Crippen molar-refractivity contribution in [3.05, 3.63) is 64.7 Å². The summed E-state index contributed by atoms with van der Waals surface area (Å²) in [6.45, 7) is 2.63. The lowest BCUT2D eigenvalue weighted by molar-refractivity contribution is -0.126. The minimum absolute atomic E-state index is 0.0296. The molecule has 0 radical (unpaired) electrons. The minimum atomic E-state index is -0.0668. The molecule has 0 saturated carbocycles. The van der Waals surface area contributed by atoms with Gasteiger partial charge in [-0.05, 0) is 55.8 Å². The molecule has 1 fully saturated rings. The molecule has 1 aliphatic heterocycles. The fourth-order valence-corrected chi connectivity index (χ4v) is 3.18. The first-order chi connectivity index (χ1) is 12.6. The topological polar surface area (TPSA) is 64.9 Å². The van der Waals surface area contributed by atoms with Gasteiger partial charge in [0, 0.05) is 23.0 Å². The number of likely N-dealkylation sites (tertiary alicyclic amines) is 1. The molecule has 5 nitrogen and oxygen atoms in total. The van der Waals surface area contributed by atoms with E-state index in [2.05, 4.69) is 15.4 Å². The Morgan fingerprint density at radius 1 is 1.19 bits per heavy atom. The molecule has 0 atom stereocenters. The van der Waals surface area contributed by atoms with E-state index in [0.717, 1.165) is 37.5 Å². The van der Waals surface area contributed by atoms with Gasteiger partial charge in [0.1, 0.15) is 5.75 Å². The zero-order valence-corrected chi connectivity index (χ0v) is 15.2. The van der Waals surface area contributed by atoms with Crippen LogP contribution in [-0.4, -0.2) is 35.2 Å². The molecule has 0 spiro atoms. The van der Waals surface area contributed by atoms with Gasteiger partial charge in [0.15, 0.2) is 0 Å². The van der Waals surface area contributed by atoms with E-state index in [0.29, 0.717) is 5.56 Å². The van der Waals surface area contributed by atoms with E-state index in [4.69, 9.17) is 11.6 Å². The summed E-state index contributed by atoms with van der Waals surface area (Å²) in [6.07, 6.45) is 3.08. The average Bonchev–Trinajstić information content (AvgIpc) is 2.66. The quantitative estimate of drug-likeness (QED) is 0.625. The molecule has 1 aliphatic rings. The van der Waals surface area contributed by atoms with Crippen molar-refractivity contribution in [3.8, 4) is 5.75 Å². The molecule has 1 amide bonds. The second kappa shape index (κ2) is 8.83. The van der Waals surface area contributed by atoms with Crippen LogP contribution in [0, 0.1) is 5.92 Å². The molecule has 0 aromatic heterocycles. The molecular formula is C20H22ClN3O2. The Morgan fingerprint density at radius 2 is 1.88 bits per heavy atom. The van der Waals surface area contributed by atoms with Crippen molar-refractivity contribution in [2.75, 3.05) is 13.1 Å². The zero-order chi connectivity index (χ0) is 18.4. The maximum absolute atomic E-state index is 12.3. The largest absolute Gasteiger partial charge is 0.507 e. The first-order valence-corrected chi connectivity index (χ1v) is 9.07. The predicted molar refractivity (Wildman–Crippen MR) is 103 cm³/mol. The Kier molecular flexibility index (Phi) is 6.26. The monoisotopic (exact) mass is 371 g/mol. The van der Waals surface area contributed by atoms with Crippen molar-refractivity contribution in [2.45, 2.75) is 19.4 Å². The Morgan fingerprint density at radius 3 is 2.58 bits per heavy atom. The van der Waals surface area contributed by atoms with E-state index >= 15 is 0 Å². The van der Waals surface area contributed by atoms with Crippen LogP contribution in [0.4, 0.5) is 0 Å². The van der Waals surface area contributed by atoms with Crippen LogP contribution in [0.3, 0.4) is 0 Å². The normalized spacial score (nSPS) is 16.0. The number of nitrogens with zero attached hydrogens (tertiary/aromatic N) is 2. The smallest absolute Gasteiger partial charge is 0.243 e. The molecule has 6 heteroatoms. The highest BCUT2D eigenvalue weighted by atomic mass is 35.5. The third-order valence-electron chi connectivity index (χ3n) is 4.59. The molecule has 1 saturated heterocycles. The molecule has 136 valence electrons. The number of halogens is 1. The lowest BCUT2D eigenvalue weighted by atomic mass is 9.96. The van der Waals surface area contributed by atoms with Crippen LogP contribution in [0.5, 0.6) is 5.75 Å². The first kappa shape index (κ1) is 18.4. The maximum Gasteiger partial charge on any atom is 0.243 e. The molecule has 3 rings (SSSR count). The number of benzene rings is 2. The number of aromatic hydroxyl groups is 1. The summed E-state index contributed by atoms with van der Waals surface area (Å²) < 4.78 is 0. The van der Waals surface area contributed by atoms with Crippen LogP contribution in [0.15, 0.2) is 53.6 Å². The molecule has 2 aromatic rings. The van der Waals surface area contributed by atoms with Crippen LogP contribution in [0.2, 0.25) is 5.02 Å². The number of hydrogen-bond acceptors (Lipinski definition) is 4. The van der Waals surface area contributed by atoms with Gasteiger partial charge in [0.05, 0.1) is 6.21 Å². The highest BCUT2D eigenvalue weighted by Gasteiger charge is 2.24. The third-order valence-corrected chi connectivity index (χ3v) is 4.84. The lowest BCUT2D eigenvalue weighted by Crippen LogP contribution is -2.39. The number of hydrogen-bond donors (Lipinski definition) is 2. The van der Waals surface area contributed by atoms with Crippen LogP contribution in [-0.2, 0) is 11.3 Å². The van der Waals surface area contributed by atoms with Crippen molar-refractivity contribution in [1.29, 1.82) is 0 Å². The lowest BCUT2D eigenvalue weighted by Gasteiger charge is -2.30. The van der Waals surface area contributed by atoms with Gasteiger partial charge in [0.25, 0.3) is 0 Å². The predicted octanol–water partition coefficient (Wildman–Crippen LogP) is 3.41. The van der Waals surface area contributed by atoms with Gasteiger partial charge < -0.3 is 5.11 Å². The van der Waals surface area contributed by atoms with E-state index in [1.807, 2.05) is 24.3 Å². The molecule has 2 aromatic carbocycles. The summed E-state index contributed by atoms with van der Waals surface area (Å²) in [4.78, 5) is 14.6. The summed E-state index contributed by atoms with van der Waals surface area (Å²) in [5, 5.41) is 14.4. The number of hydrazone groups is 1. The van der Waals surface area contributed by atoms with Gasteiger partial charge in [-0.2, -0.15) is 5.10 Å². The summed E-state index contributed by atoms with van der Waals surface area (Å²) in [7, 11) is 0. The van der Waals surface area contributed by atoms with Gasteiger partial charge >= 0.3 is 0 Å². The first-order valence-electron chi connectivity index (χ1n) is 8.69. The highest BCUT2D eigenvalue weighted by molar-refractivity contribution is 6.30. The Bertz CT molecular complexity index is 769. The van der Waals surface area contributed by atoms with Crippen LogP contribution in [0.25, 0.3) is 0 Å². The molecular weight excluding hydrogens is 350 g/mol. The van der Waals surface area contributed by atoms with Gasteiger partial charge in [-0.25, -0.2) is 5.43 Å². The molecule has 0 aliphatic carbocycles. The van der Waals surface area contributed by atoms with Gasteiger partial charge in [0.2, 0.25) is 5.91 Å². The number of para-hydroxylation sites is 1.